The molecule has 1 atom stereocenters. The van der Waals surface area contributed by atoms with Gasteiger partial charge in [0.1, 0.15) is 4.83 Å². The van der Waals surface area contributed by atoms with Crippen molar-refractivity contribution < 1.29 is 9.59 Å². The van der Waals surface area contributed by atoms with Gasteiger partial charge in [-0.15, -0.1) is 11.3 Å². The molecule has 1 aliphatic carbocycles. The monoisotopic (exact) mass is 456 g/mol. The molecule has 31 heavy (non-hydrogen) atoms. The molecule has 2 N–H and O–H groups in total. The first-order chi connectivity index (χ1) is 14.9. The zero-order valence-electron chi connectivity index (χ0n) is 17.7. The molecule has 1 unspecified atom stereocenters. The van der Waals surface area contributed by atoms with E-state index >= 15 is 0 Å². The van der Waals surface area contributed by atoms with Crippen molar-refractivity contribution in [2.75, 3.05) is 7.05 Å². The van der Waals surface area contributed by atoms with Crippen molar-refractivity contribution in [3.8, 4) is 5.69 Å². The Labute approximate surface area is 188 Å². The summed E-state index contributed by atoms with van der Waals surface area (Å²) in [5.74, 6) is -0.445. The summed E-state index contributed by atoms with van der Waals surface area (Å²) in [5.41, 5.74) is 2.83. The van der Waals surface area contributed by atoms with Crippen LogP contribution >= 0.6 is 23.1 Å². The quantitative estimate of drug-likeness (QED) is 0.462. The Balaban J connectivity index is 1.84. The molecule has 1 aromatic carbocycles. The standard InChI is InChI=1S/C22H24N4O3S2/c1-12-8-10-14(11-9-12)26-20(28)17-15-6-4-5-7-16(15)31-19(17)25-22(26)30-13(2)18(27)24-21(29)23-3/h8-11,13H,4-7H2,1-3H3,(H2,23,24,27,29). The maximum Gasteiger partial charge on any atom is 0.321 e. The number of nitrogens with one attached hydrogen (secondary N) is 2. The second kappa shape index (κ2) is 8.84. The van der Waals surface area contributed by atoms with Crippen molar-refractivity contribution >= 4 is 45.3 Å². The van der Waals surface area contributed by atoms with Gasteiger partial charge in [0.25, 0.3) is 5.56 Å². The third-order valence-electron chi connectivity index (χ3n) is 5.37. The number of carbonyl (C=O) groups is 2. The molecule has 0 saturated heterocycles. The summed E-state index contributed by atoms with van der Waals surface area (Å²) in [4.78, 5) is 44.4. The average Bonchev–Trinajstić information content (AvgIpc) is 3.13. The van der Waals surface area contributed by atoms with Crippen LogP contribution in [0.3, 0.4) is 0 Å². The lowest BCUT2D eigenvalue weighted by atomic mass is 9.97. The number of aromatic nitrogens is 2. The number of nitrogens with zero attached hydrogens (tertiary/aromatic N) is 2. The van der Waals surface area contributed by atoms with E-state index in [1.165, 1.54) is 23.7 Å². The minimum absolute atomic E-state index is 0.102. The summed E-state index contributed by atoms with van der Waals surface area (Å²) in [5, 5.41) is 5.18. The number of aryl methyl sites for hydroxylation is 3. The SMILES string of the molecule is CNC(=O)NC(=O)C(C)Sc1nc2sc3c(c2c(=O)n1-c1ccc(C)cc1)CCCC3. The number of imide groups is 1. The molecule has 0 bridgehead atoms. The van der Waals surface area contributed by atoms with Gasteiger partial charge in [-0.1, -0.05) is 29.5 Å². The number of fused-ring (bicyclic) bond motifs is 3. The molecule has 4 rings (SSSR count). The van der Waals surface area contributed by atoms with E-state index in [2.05, 4.69) is 10.6 Å². The molecule has 7 nitrogen and oxygen atoms in total. The third-order valence-corrected chi connectivity index (χ3v) is 7.60. The van der Waals surface area contributed by atoms with Crippen LogP contribution in [0, 0.1) is 6.92 Å². The molecule has 0 radical (unpaired) electrons. The van der Waals surface area contributed by atoms with Gasteiger partial charge in [-0.05, 0) is 57.2 Å². The van der Waals surface area contributed by atoms with Crippen LogP contribution in [0.4, 0.5) is 4.79 Å². The molecule has 162 valence electrons. The number of thioether (sulfide) groups is 1. The first-order valence-electron chi connectivity index (χ1n) is 10.2. The van der Waals surface area contributed by atoms with Gasteiger partial charge in [0, 0.05) is 11.9 Å². The maximum absolute atomic E-state index is 13.7. The number of hydrogen-bond donors (Lipinski definition) is 2. The van der Waals surface area contributed by atoms with E-state index in [9.17, 15) is 14.4 Å². The third kappa shape index (κ3) is 4.24. The minimum Gasteiger partial charge on any atom is -0.341 e. The molecule has 0 fully saturated rings. The van der Waals surface area contributed by atoms with Gasteiger partial charge in [0.05, 0.1) is 16.3 Å². The maximum atomic E-state index is 13.7. The summed E-state index contributed by atoms with van der Waals surface area (Å²) in [6.45, 7) is 3.68. The molecule has 0 aliphatic heterocycles. The summed E-state index contributed by atoms with van der Waals surface area (Å²) < 4.78 is 1.59. The van der Waals surface area contributed by atoms with Gasteiger partial charge in [-0.3, -0.25) is 19.5 Å². The van der Waals surface area contributed by atoms with Crippen molar-refractivity contribution in [3.05, 3.63) is 50.6 Å². The predicted octanol–water partition coefficient (Wildman–Crippen LogP) is 3.57. The number of benzene rings is 1. The van der Waals surface area contributed by atoms with Crippen LogP contribution in [-0.2, 0) is 17.6 Å². The van der Waals surface area contributed by atoms with Crippen LogP contribution < -0.4 is 16.2 Å². The van der Waals surface area contributed by atoms with E-state index in [0.717, 1.165) is 41.6 Å². The Hall–Kier alpha value is -2.65. The first-order valence-corrected chi connectivity index (χ1v) is 11.9. The number of carbonyl (C=O) groups excluding carboxylic acids is 2. The molecule has 3 amide bonds. The molecule has 3 aromatic rings. The second-order valence-electron chi connectivity index (χ2n) is 7.59. The topological polar surface area (TPSA) is 93.1 Å². The molecule has 0 saturated carbocycles. The van der Waals surface area contributed by atoms with Crippen LogP contribution in [0.5, 0.6) is 0 Å². The van der Waals surface area contributed by atoms with E-state index in [4.69, 9.17) is 4.98 Å². The second-order valence-corrected chi connectivity index (χ2v) is 9.98. The summed E-state index contributed by atoms with van der Waals surface area (Å²) >= 11 is 2.75. The zero-order chi connectivity index (χ0) is 22.1. The Morgan fingerprint density at radius 3 is 2.61 bits per heavy atom. The fraction of sp³-hybridized carbons (Fsp3) is 0.364. The van der Waals surface area contributed by atoms with Crippen LogP contribution in [-0.4, -0.2) is 33.8 Å². The molecular weight excluding hydrogens is 432 g/mol. The smallest absolute Gasteiger partial charge is 0.321 e. The Morgan fingerprint density at radius 1 is 1.19 bits per heavy atom. The van der Waals surface area contributed by atoms with Gasteiger partial charge in [0.15, 0.2) is 5.16 Å². The van der Waals surface area contributed by atoms with Gasteiger partial charge in [-0.2, -0.15) is 0 Å². The highest BCUT2D eigenvalue weighted by atomic mass is 32.2. The molecule has 2 heterocycles. The fourth-order valence-electron chi connectivity index (χ4n) is 3.67. The molecule has 0 spiro atoms. The van der Waals surface area contributed by atoms with Crippen LogP contribution in [0.2, 0.25) is 0 Å². The molecular formula is C22H24N4O3S2. The first kappa shape index (κ1) is 21.6. The van der Waals surface area contributed by atoms with Crippen molar-refractivity contribution in [1.29, 1.82) is 0 Å². The Kier molecular flexibility index (Phi) is 6.15. The van der Waals surface area contributed by atoms with Crippen LogP contribution in [0.15, 0.2) is 34.2 Å². The zero-order valence-corrected chi connectivity index (χ0v) is 19.3. The highest BCUT2D eigenvalue weighted by Crippen LogP contribution is 2.35. The summed E-state index contributed by atoms with van der Waals surface area (Å²) in [7, 11) is 1.45. The van der Waals surface area contributed by atoms with E-state index in [1.54, 1.807) is 22.8 Å². The van der Waals surface area contributed by atoms with E-state index in [-0.39, 0.29) is 5.56 Å². The lowest BCUT2D eigenvalue weighted by Crippen LogP contribution is -2.41. The number of thiophene rings is 1. The lowest BCUT2D eigenvalue weighted by Gasteiger charge is -2.16. The number of urea groups is 1. The Bertz CT molecular complexity index is 1210. The highest BCUT2D eigenvalue weighted by molar-refractivity contribution is 8.00. The van der Waals surface area contributed by atoms with E-state index in [1.807, 2.05) is 31.2 Å². The summed E-state index contributed by atoms with van der Waals surface area (Å²) in [6, 6.07) is 7.11. The van der Waals surface area contributed by atoms with E-state index in [0.29, 0.717) is 16.2 Å². The van der Waals surface area contributed by atoms with Crippen LogP contribution in [0.25, 0.3) is 15.9 Å². The molecule has 1 aliphatic rings. The molecule has 9 heteroatoms. The summed E-state index contributed by atoms with van der Waals surface area (Å²) in [6.07, 6.45) is 4.09. The van der Waals surface area contributed by atoms with E-state index < -0.39 is 17.2 Å². The van der Waals surface area contributed by atoms with Crippen molar-refractivity contribution in [1.82, 2.24) is 20.2 Å². The van der Waals surface area contributed by atoms with Gasteiger partial charge < -0.3 is 5.32 Å². The van der Waals surface area contributed by atoms with Gasteiger partial charge >= 0.3 is 6.03 Å². The Morgan fingerprint density at radius 2 is 1.90 bits per heavy atom. The highest BCUT2D eigenvalue weighted by Gasteiger charge is 2.25. The normalized spacial score (nSPS) is 14.2. The largest absolute Gasteiger partial charge is 0.341 e. The van der Waals surface area contributed by atoms with Crippen molar-refractivity contribution in [2.45, 2.75) is 49.9 Å². The number of hydrogen-bond acceptors (Lipinski definition) is 6. The number of amides is 3. The molecule has 2 aromatic heterocycles. The van der Waals surface area contributed by atoms with Crippen molar-refractivity contribution in [2.24, 2.45) is 0 Å². The minimum atomic E-state index is -0.618. The van der Waals surface area contributed by atoms with Gasteiger partial charge in [-0.25, -0.2) is 9.78 Å². The lowest BCUT2D eigenvalue weighted by molar-refractivity contribution is -0.119. The van der Waals surface area contributed by atoms with Crippen molar-refractivity contribution in [3.63, 3.8) is 0 Å². The van der Waals surface area contributed by atoms with Crippen LogP contribution in [0.1, 0.15) is 35.8 Å². The van der Waals surface area contributed by atoms with Gasteiger partial charge in [0.2, 0.25) is 5.91 Å². The average molecular weight is 457 g/mol. The number of rotatable bonds is 4. The predicted molar refractivity (Wildman–Crippen MR) is 125 cm³/mol. The fourth-order valence-corrected chi connectivity index (χ4v) is 5.90.